The second-order valence-corrected chi connectivity index (χ2v) is 12.8. The molecule has 0 aliphatic carbocycles. The standard InChI is InChI=1S/C26H28F3N3O3S2/c1-4-37(34,35)20-10-8-17(9-11-20)13-22(33)30-25-31-23-21(36-25)15-32(24(23)16(2)3)14-18-6-5-7-19(12-18)26(27,28)29/h5-12,16,24H,4,13-15H2,1-3H3,(H,30,31,33)/t24-/m1/s1. The first-order chi connectivity index (χ1) is 17.4. The summed E-state index contributed by atoms with van der Waals surface area (Å²) < 4.78 is 63.3. The number of fused-ring (bicyclic) bond motifs is 1. The van der Waals surface area contributed by atoms with Crippen LogP contribution in [-0.4, -0.2) is 30.0 Å². The van der Waals surface area contributed by atoms with Crippen LogP contribution in [0.15, 0.2) is 53.4 Å². The summed E-state index contributed by atoms with van der Waals surface area (Å²) in [6, 6.07) is 11.6. The molecule has 2 aromatic carbocycles. The van der Waals surface area contributed by atoms with Crippen LogP contribution in [0.1, 0.15) is 54.1 Å². The molecule has 3 aromatic rings. The molecule has 2 heterocycles. The molecular formula is C26H28F3N3O3S2. The Kier molecular flexibility index (Phi) is 7.77. The molecular weight excluding hydrogens is 523 g/mol. The van der Waals surface area contributed by atoms with Crippen molar-refractivity contribution in [3.63, 3.8) is 0 Å². The number of rotatable bonds is 8. The Morgan fingerprint density at radius 1 is 1.16 bits per heavy atom. The number of sulfone groups is 1. The quantitative estimate of drug-likeness (QED) is 0.380. The maximum absolute atomic E-state index is 13.1. The zero-order valence-corrected chi connectivity index (χ0v) is 22.3. The van der Waals surface area contributed by atoms with E-state index in [1.54, 1.807) is 25.1 Å². The summed E-state index contributed by atoms with van der Waals surface area (Å²) in [5.74, 6) is -0.0907. The van der Waals surface area contributed by atoms with Crippen molar-refractivity contribution < 1.29 is 26.4 Å². The summed E-state index contributed by atoms with van der Waals surface area (Å²) in [5, 5.41) is 3.31. The first-order valence-corrected chi connectivity index (χ1v) is 14.4. The zero-order chi connectivity index (χ0) is 27.0. The molecule has 1 aliphatic heterocycles. The molecule has 0 bridgehead atoms. The average Bonchev–Trinajstić information content (AvgIpc) is 3.35. The molecule has 198 valence electrons. The number of anilines is 1. The minimum absolute atomic E-state index is 0.0102. The van der Waals surface area contributed by atoms with Gasteiger partial charge in [0.05, 0.1) is 34.4 Å². The summed E-state index contributed by atoms with van der Waals surface area (Å²) in [5.41, 5.74) is 1.45. The molecule has 1 N–H and O–H groups in total. The Labute approximate surface area is 218 Å². The molecule has 0 radical (unpaired) electrons. The lowest BCUT2D eigenvalue weighted by molar-refractivity contribution is -0.137. The maximum atomic E-state index is 13.1. The minimum Gasteiger partial charge on any atom is -0.302 e. The fourth-order valence-electron chi connectivity index (χ4n) is 4.52. The van der Waals surface area contributed by atoms with Crippen LogP contribution in [0.3, 0.4) is 0 Å². The third-order valence-corrected chi connectivity index (χ3v) is 9.01. The summed E-state index contributed by atoms with van der Waals surface area (Å²) in [6.07, 6.45) is -4.31. The Morgan fingerprint density at radius 3 is 2.49 bits per heavy atom. The van der Waals surface area contributed by atoms with Gasteiger partial charge in [-0.1, -0.05) is 51.1 Å². The summed E-state index contributed by atoms with van der Waals surface area (Å²) in [4.78, 5) is 20.6. The highest BCUT2D eigenvalue weighted by Gasteiger charge is 2.37. The second kappa shape index (κ2) is 10.5. The normalized spacial score (nSPS) is 16.2. The zero-order valence-electron chi connectivity index (χ0n) is 20.7. The average molecular weight is 552 g/mol. The molecule has 1 atom stereocenters. The van der Waals surface area contributed by atoms with E-state index in [9.17, 15) is 26.4 Å². The number of thiazole rings is 1. The molecule has 0 unspecified atom stereocenters. The van der Waals surface area contributed by atoms with E-state index in [1.807, 2.05) is 13.8 Å². The first kappa shape index (κ1) is 27.3. The number of carbonyl (C=O) groups is 1. The van der Waals surface area contributed by atoms with Crippen molar-refractivity contribution in [1.82, 2.24) is 9.88 Å². The number of nitrogens with one attached hydrogen (secondary N) is 1. The molecule has 1 amide bonds. The molecule has 4 rings (SSSR count). The van der Waals surface area contributed by atoms with Gasteiger partial charge in [-0.2, -0.15) is 13.2 Å². The Balaban J connectivity index is 1.43. The molecule has 0 spiro atoms. The fraction of sp³-hybridized carbons (Fsp3) is 0.385. The Hall–Kier alpha value is -2.76. The van der Waals surface area contributed by atoms with Crippen LogP contribution in [0.25, 0.3) is 0 Å². The molecule has 11 heteroatoms. The number of halogens is 3. The molecule has 1 aliphatic rings. The number of carbonyl (C=O) groups excluding carboxylic acids is 1. The number of benzene rings is 2. The predicted octanol–water partition coefficient (Wildman–Crippen LogP) is 5.85. The van der Waals surface area contributed by atoms with E-state index in [2.05, 4.69) is 15.2 Å². The number of alkyl halides is 3. The number of nitrogens with zero attached hydrogens (tertiary/aromatic N) is 2. The van der Waals surface area contributed by atoms with Crippen molar-refractivity contribution in [2.75, 3.05) is 11.1 Å². The molecule has 0 fully saturated rings. The third kappa shape index (κ3) is 6.22. The fourth-order valence-corrected chi connectivity index (χ4v) is 6.45. The highest BCUT2D eigenvalue weighted by molar-refractivity contribution is 7.91. The predicted molar refractivity (Wildman–Crippen MR) is 137 cm³/mol. The molecule has 0 saturated carbocycles. The lowest BCUT2D eigenvalue weighted by Crippen LogP contribution is -2.26. The van der Waals surface area contributed by atoms with Gasteiger partial charge < -0.3 is 5.32 Å². The summed E-state index contributed by atoms with van der Waals surface area (Å²) >= 11 is 1.37. The van der Waals surface area contributed by atoms with E-state index < -0.39 is 21.6 Å². The van der Waals surface area contributed by atoms with Crippen LogP contribution in [0.2, 0.25) is 0 Å². The van der Waals surface area contributed by atoms with Crippen molar-refractivity contribution in [2.24, 2.45) is 5.92 Å². The highest BCUT2D eigenvalue weighted by Crippen LogP contribution is 2.43. The lowest BCUT2D eigenvalue weighted by atomic mass is 10.0. The molecule has 37 heavy (non-hydrogen) atoms. The van der Waals surface area contributed by atoms with Crippen LogP contribution >= 0.6 is 11.3 Å². The molecule has 1 aromatic heterocycles. The SMILES string of the molecule is CCS(=O)(=O)c1ccc(CC(=O)Nc2nc3c(s2)CN(Cc2cccc(C(F)(F)F)c2)[C@@H]3C(C)C)cc1. The van der Waals surface area contributed by atoms with E-state index in [1.165, 1.54) is 35.6 Å². The number of hydrogen-bond acceptors (Lipinski definition) is 6. The Morgan fingerprint density at radius 2 is 1.86 bits per heavy atom. The van der Waals surface area contributed by atoms with Crippen LogP contribution in [-0.2, 0) is 40.3 Å². The van der Waals surface area contributed by atoms with Crippen molar-refractivity contribution in [1.29, 1.82) is 0 Å². The monoisotopic (exact) mass is 551 g/mol. The van der Waals surface area contributed by atoms with Crippen molar-refractivity contribution >= 4 is 32.2 Å². The number of amides is 1. The number of hydrogen-bond donors (Lipinski definition) is 1. The van der Waals surface area contributed by atoms with E-state index in [4.69, 9.17) is 0 Å². The van der Waals surface area contributed by atoms with E-state index in [-0.39, 0.29) is 34.9 Å². The van der Waals surface area contributed by atoms with E-state index in [0.29, 0.717) is 29.3 Å². The highest BCUT2D eigenvalue weighted by atomic mass is 32.2. The lowest BCUT2D eigenvalue weighted by Gasteiger charge is -2.28. The minimum atomic E-state index is -4.39. The van der Waals surface area contributed by atoms with Gasteiger partial charge in [0.25, 0.3) is 0 Å². The first-order valence-electron chi connectivity index (χ1n) is 11.9. The van der Waals surface area contributed by atoms with Crippen LogP contribution in [0.4, 0.5) is 18.3 Å². The van der Waals surface area contributed by atoms with Gasteiger partial charge in [-0.3, -0.25) is 9.69 Å². The number of aromatic nitrogens is 1. The Bertz CT molecular complexity index is 1380. The van der Waals surface area contributed by atoms with Gasteiger partial charge >= 0.3 is 6.18 Å². The van der Waals surface area contributed by atoms with Crippen molar-refractivity contribution in [3.8, 4) is 0 Å². The van der Waals surface area contributed by atoms with Crippen LogP contribution in [0.5, 0.6) is 0 Å². The van der Waals surface area contributed by atoms with E-state index >= 15 is 0 Å². The van der Waals surface area contributed by atoms with Gasteiger partial charge in [-0.15, -0.1) is 11.3 Å². The van der Waals surface area contributed by atoms with Gasteiger partial charge in [0, 0.05) is 18.0 Å². The largest absolute Gasteiger partial charge is 0.416 e. The smallest absolute Gasteiger partial charge is 0.302 e. The topological polar surface area (TPSA) is 79.4 Å². The van der Waals surface area contributed by atoms with Crippen molar-refractivity contribution in [3.05, 3.63) is 75.8 Å². The van der Waals surface area contributed by atoms with Gasteiger partial charge in [0.2, 0.25) is 5.91 Å². The van der Waals surface area contributed by atoms with Gasteiger partial charge in [-0.25, -0.2) is 13.4 Å². The summed E-state index contributed by atoms with van der Waals surface area (Å²) in [7, 11) is -3.30. The molecule has 6 nitrogen and oxygen atoms in total. The molecule has 0 saturated heterocycles. The van der Waals surface area contributed by atoms with Gasteiger partial charge in [-0.05, 0) is 35.2 Å². The third-order valence-electron chi connectivity index (χ3n) is 6.29. The van der Waals surface area contributed by atoms with Crippen molar-refractivity contribution in [2.45, 2.75) is 57.4 Å². The summed E-state index contributed by atoms with van der Waals surface area (Å²) in [6.45, 7) is 6.56. The van der Waals surface area contributed by atoms with Crippen LogP contribution < -0.4 is 5.32 Å². The van der Waals surface area contributed by atoms with E-state index in [0.717, 1.165) is 16.6 Å². The maximum Gasteiger partial charge on any atom is 0.416 e. The van der Waals surface area contributed by atoms with Gasteiger partial charge in [0.15, 0.2) is 15.0 Å². The van der Waals surface area contributed by atoms with Gasteiger partial charge in [0.1, 0.15) is 0 Å². The van der Waals surface area contributed by atoms with Crippen LogP contribution in [0, 0.1) is 5.92 Å². The second-order valence-electron chi connectivity index (χ2n) is 9.39.